The number of ether oxygens (including phenoxy) is 1. The molecule has 3 aromatic rings. The fourth-order valence-electron chi connectivity index (χ4n) is 3.47. The van der Waals surface area contributed by atoms with Gasteiger partial charge in [-0.25, -0.2) is 13.4 Å². The van der Waals surface area contributed by atoms with Crippen LogP contribution in [0.25, 0.3) is 10.2 Å². The standard InChI is InChI=1S/C20H23N3O3S2/c1-14-12-21-9-6-16(14)26-13-15-7-10-23(11-8-15)20-22-19-17(27-20)4-3-5-18(19)28(2,24)25/h3-6,9,12,15H,7-8,10-11,13H2,1-2H3. The van der Waals surface area contributed by atoms with Crippen LogP contribution in [0.3, 0.4) is 0 Å². The summed E-state index contributed by atoms with van der Waals surface area (Å²) in [6.07, 6.45) is 6.85. The van der Waals surface area contributed by atoms with Crippen molar-refractivity contribution < 1.29 is 13.2 Å². The van der Waals surface area contributed by atoms with Crippen LogP contribution in [0.2, 0.25) is 0 Å². The molecule has 0 atom stereocenters. The quantitative estimate of drug-likeness (QED) is 0.630. The van der Waals surface area contributed by atoms with Gasteiger partial charge in [0.1, 0.15) is 11.3 Å². The number of pyridine rings is 1. The van der Waals surface area contributed by atoms with E-state index in [0.717, 1.165) is 47.1 Å². The maximum atomic E-state index is 12.0. The van der Waals surface area contributed by atoms with E-state index in [2.05, 4.69) is 14.9 Å². The first kappa shape index (κ1) is 19.1. The van der Waals surface area contributed by atoms with Gasteiger partial charge in [0.25, 0.3) is 0 Å². The molecule has 4 rings (SSSR count). The Bertz CT molecular complexity index is 1090. The van der Waals surface area contributed by atoms with Gasteiger partial charge in [-0.05, 0) is 43.9 Å². The summed E-state index contributed by atoms with van der Waals surface area (Å²) in [5.74, 6) is 1.40. The van der Waals surface area contributed by atoms with Crippen molar-refractivity contribution in [3.05, 3.63) is 42.2 Å². The van der Waals surface area contributed by atoms with E-state index < -0.39 is 9.84 Å². The lowest BCUT2D eigenvalue weighted by Crippen LogP contribution is -2.35. The average Bonchev–Trinajstić information content (AvgIpc) is 3.11. The maximum absolute atomic E-state index is 12.0. The highest BCUT2D eigenvalue weighted by Crippen LogP contribution is 2.34. The van der Waals surface area contributed by atoms with Crippen LogP contribution in [-0.4, -0.2) is 44.3 Å². The highest BCUT2D eigenvalue weighted by atomic mass is 32.2. The fourth-order valence-corrected chi connectivity index (χ4v) is 5.41. The van der Waals surface area contributed by atoms with Crippen LogP contribution in [0.5, 0.6) is 5.75 Å². The molecule has 1 aliphatic heterocycles. The fraction of sp³-hybridized carbons (Fsp3) is 0.400. The van der Waals surface area contributed by atoms with E-state index >= 15 is 0 Å². The van der Waals surface area contributed by atoms with Crippen LogP contribution >= 0.6 is 11.3 Å². The van der Waals surface area contributed by atoms with Crippen molar-refractivity contribution in [3.63, 3.8) is 0 Å². The summed E-state index contributed by atoms with van der Waals surface area (Å²) < 4.78 is 30.9. The lowest BCUT2D eigenvalue weighted by atomic mass is 9.98. The third-order valence-electron chi connectivity index (χ3n) is 5.10. The number of benzene rings is 1. The molecule has 0 radical (unpaired) electrons. The van der Waals surface area contributed by atoms with Gasteiger partial charge in [-0.1, -0.05) is 17.4 Å². The molecule has 28 heavy (non-hydrogen) atoms. The summed E-state index contributed by atoms with van der Waals surface area (Å²) >= 11 is 1.56. The minimum atomic E-state index is -3.29. The molecule has 0 spiro atoms. The number of para-hydroxylation sites is 1. The second-order valence-corrected chi connectivity index (χ2v) is 10.2. The van der Waals surface area contributed by atoms with Gasteiger partial charge in [0, 0.05) is 37.3 Å². The Morgan fingerprint density at radius 1 is 1.25 bits per heavy atom. The van der Waals surface area contributed by atoms with Gasteiger partial charge in [0.05, 0.1) is 16.2 Å². The van der Waals surface area contributed by atoms with Crippen molar-refractivity contribution in [1.82, 2.24) is 9.97 Å². The number of anilines is 1. The number of sulfone groups is 1. The van der Waals surface area contributed by atoms with Gasteiger partial charge in [0.2, 0.25) is 0 Å². The molecular weight excluding hydrogens is 394 g/mol. The van der Waals surface area contributed by atoms with Crippen molar-refractivity contribution in [2.45, 2.75) is 24.7 Å². The topological polar surface area (TPSA) is 72.4 Å². The third kappa shape index (κ3) is 3.98. The highest BCUT2D eigenvalue weighted by molar-refractivity contribution is 7.91. The molecule has 2 aromatic heterocycles. The van der Waals surface area contributed by atoms with Crippen LogP contribution in [-0.2, 0) is 9.84 Å². The van der Waals surface area contributed by atoms with Crippen molar-refractivity contribution in [1.29, 1.82) is 0 Å². The van der Waals surface area contributed by atoms with Gasteiger partial charge in [-0.15, -0.1) is 0 Å². The molecule has 1 aliphatic rings. The van der Waals surface area contributed by atoms with E-state index in [0.29, 0.717) is 22.9 Å². The van der Waals surface area contributed by atoms with E-state index in [9.17, 15) is 8.42 Å². The Labute approximate surface area is 169 Å². The van der Waals surface area contributed by atoms with Gasteiger partial charge in [0.15, 0.2) is 15.0 Å². The zero-order valence-electron chi connectivity index (χ0n) is 16.0. The molecule has 0 N–H and O–H groups in total. The molecule has 8 heteroatoms. The van der Waals surface area contributed by atoms with Crippen LogP contribution in [0.15, 0.2) is 41.6 Å². The number of aromatic nitrogens is 2. The molecule has 1 saturated heterocycles. The SMILES string of the molecule is Cc1cnccc1OCC1CCN(c2nc3c(S(C)(=O)=O)cccc3s2)CC1. The Morgan fingerprint density at radius 3 is 2.75 bits per heavy atom. The summed E-state index contributed by atoms with van der Waals surface area (Å²) in [6, 6.07) is 7.25. The molecule has 0 aliphatic carbocycles. The molecular formula is C20H23N3O3S2. The Morgan fingerprint density at radius 2 is 2.04 bits per heavy atom. The minimum absolute atomic E-state index is 0.309. The smallest absolute Gasteiger partial charge is 0.186 e. The lowest BCUT2D eigenvalue weighted by molar-refractivity contribution is 0.221. The highest BCUT2D eigenvalue weighted by Gasteiger charge is 2.23. The number of hydrogen-bond acceptors (Lipinski definition) is 7. The van der Waals surface area contributed by atoms with E-state index in [1.165, 1.54) is 6.26 Å². The monoisotopic (exact) mass is 417 g/mol. The van der Waals surface area contributed by atoms with Crippen LogP contribution < -0.4 is 9.64 Å². The van der Waals surface area contributed by atoms with E-state index in [1.54, 1.807) is 29.7 Å². The molecule has 0 bridgehead atoms. The Hall–Kier alpha value is -2.19. The number of piperidine rings is 1. The molecule has 0 saturated carbocycles. The van der Waals surface area contributed by atoms with E-state index in [4.69, 9.17) is 4.74 Å². The second-order valence-electron chi connectivity index (χ2n) is 7.25. The summed E-state index contributed by atoms with van der Waals surface area (Å²) in [5.41, 5.74) is 1.64. The van der Waals surface area contributed by atoms with Crippen molar-refractivity contribution in [3.8, 4) is 5.75 Å². The largest absolute Gasteiger partial charge is 0.493 e. The van der Waals surface area contributed by atoms with Gasteiger partial charge in [-0.3, -0.25) is 4.98 Å². The first-order valence-electron chi connectivity index (χ1n) is 9.30. The minimum Gasteiger partial charge on any atom is -0.493 e. The lowest BCUT2D eigenvalue weighted by Gasteiger charge is -2.31. The zero-order valence-corrected chi connectivity index (χ0v) is 17.6. The van der Waals surface area contributed by atoms with Crippen LogP contribution in [0.1, 0.15) is 18.4 Å². The summed E-state index contributed by atoms with van der Waals surface area (Å²) in [7, 11) is -3.29. The number of thiazole rings is 1. The number of fused-ring (bicyclic) bond motifs is 1. The van der Waals surface area contributed by atoms with Gasteiger partial charge < -0.3 is 9.64 Å². The molecule has 148 valence electrons. The van der Waals surface area contributed by atoms with Gasteiger partial charge >= 0.3 is 0 Å². The number of rotatable bonds is 5. The molecule has 6 nitrogen and oxygen atoms in total. The van der Waals surface area contributed by atoms with Crippen molar-refractivity contribution >= 4 is 36.5 Å². The number of aryl methyl sites for hydroxylation is 1. The Balaban J connectivity index is 1.42. The van der Waals surface area contributed by atoms with Crippen LogP contribution in [0, 0.1) is 12.8 Å². The first-order chi connectivity index (χ1) is 13.4. The van der Waals surface area contributed by atoms with Crippen molar-refractivity contribution in [2.75, 3.05) is 30.9 Å². The zero-order chi connectivity index (χ0) is 19.7. The molecule has 1 aromatic carbocycles. The van der Waals surface area contributed by atoms with E-state index in [-0.39, 0.29) is 0 Å². The van der Waals surface area contributed by atoms with Crippen molar-refractivity contribution in [2.24, 2.45) is 5.92 Å². The number of hydrogen-bond donors (Lipinski definition) is 0. The summed E-state index contributed by atoms with van der Waals surface area (Å²) in [6.45, 7) is 4.51. The molecule has 0 unspecified atom stereocenters. The van der Waals surface area contributed by atoms with Gasteiger partial charge in [-0.2, -0.15) is 0 Å². The Kier molecular flexibility index (Phi) is 5.25. The summed E-state index contributed by atoms with van der Waals surface area (Å²) in [4.78, 5) is 11.3. The molecule has 3 heterocycles. The normalized spacial score (nSPS) is 15.9. The summed E-state index contributed by atoms with van der Waals surface area (Å²) in [5, 5.41) is 0.899. The average molecular weight is 418 g/mol. The third-order valence-corrected chi connectivity index (χ3v) is 7.31. The van der Waals surface area contributed by atoms with Crippen LogP contribution in [0.4, 0.5) is 5.13 Å². The van der Waals surface area contributed by atoms with E-state index in [1.807, 2.05) is 25.3 Å². The predicted molar refractivity (Wildman–Crippen MR) is 112 cm³/mol. The predicted octanol–water partition coefficient (Wildman–Crippen LogP) is 3.70. The molecule has 1 fully saturated rings. The first-order valence-corrected chi connectivity index (χ1v) is 12.0. The number of nitrogens with zero attached hydrogens (tertiary/aromatic N) is 3. The molecule has 0 amide bonds. The second kappa shape index (κ2) is 7.67. The maximum Gasteiger partial charge on any atom is 0.186 e.